The molecule has 8 nitrogen and oxygen atoms in total. The summed E-state index contributed by atoms with van der Waals surface area (Å²) in [5.74, 6) is 0.941. The molecule has 1 atom stereocenters. The van der Waals surface area contributed by atoms with E-state index in [4.69, 9.17) is 14.2 Å². The molecular weight excluding hydrogens is 336 g/mol. The number of rotatable bonds is 7. The number of hydrogen-bond acceptors (Lipinski definition) is 7. The average molecular weight is 358 g/mol. The Hall–Kier alpha value is -2.87. The summed E-state index contributed by atoms with van der Waals surface area (Å²) in [4.78, 5) is 16.9. The van der Waals surface area contributed by atoms with Gasteiger partial charge in [-0.2, -0.15) is 10.1 Å². The summed E-state index contributed by atoms with van der Waals surface area (Å²) < 4.78 is 17.5. The summed E-state index contributed by atoms with van der Waals surface area (Å²) in [6.07, 6.45) is 1.45. The highest BCUT2D eigenvalue weighted by Gasteiger charge is 2.34. The van der Waals surface area contributed by atoms with Crippen LogP contribution in [-0.4, -0.2) is 47.7 Å². The van der Waals surface area contributed by atoms with E-state index in [1.807, 2.05) is 38.1 Å². The number of carbonyl (C=O) groups excluding carboxylic acids is 1. The number of esters is 1. The number of allylic oxidation sites excluding steroid dienone is 1. The smallest absolute Gasteiger partial charge is 0.338 e. The lowest BCUT2D eigenvalue weighted by atomic mass is 9.96. The Morgan fingerprint density at radius 1 is 1.27 bits per heavy atom. The van der Waals surface area contributed by atoms with Crippen molar-refractivity contribution in [3.63, 3.8) is 0 Å². The second-order valence-electron chi connectivity index (χ2n) is 5.73. The second kappa shape index (κ2) is 8.01. The number of carbonyl (C=O) groups is 1. The lowest BCUT2D eigenvalue weighted by Crippen LogP contribution is -2.30. The first-order valence-corrected chi connectivity index (χ1v) is 8.41. The fourth-order valence-corrected chi connectivity index (χ4v) is 2.87. The predicted octanol–water partition coefficient (Wildman–Crippen LogP) is 2.16. The molecular formula is C18H22N4O4. The first kappa shape index (κ1) is 17.9. The number of nitrogens with one attached hydrogen (secondary N) is 1. The normalized spacial score (nSPS) is 16.0. The van der Waals surface area contributed by atoms with Crippen LogP contribution in [0.4, 0.5) is 5.95 Å². The van der Waals surface area contributed by atoms with Crippen molar-refractivity contribution in [3.05, 3.63) is 47.4 Å². The maximum Gasteiger partial charge on any atom is 0.338 e. The van der Waals surface area contributed by atoms with Crippen LogP contribution in [-0.2, 0) is 14.3 Å². The lowest BCUT2D eigenvalue weighted by Gasteiger charge is -2.28. The molecule has 0 bridgehead atoms. The highest BCUT2D eigenvalue weighted by Crippen LogP contribution is 2.35. The van der Waals surface area contributed by atoms with Crippen LogP contribution in [0.3, 0.4) is 0 Å². The van der Waals surface area contributed by atoms with E-state index in [1.165, 1.54) is 6.33 Å². The fourth-order valence-electron chi connectivity index (χ4n) is 2.87. The molecule has 1 aromatic carbocycles. The molecule has 26 heavy (non-hydrogen) atoms. The van der Waals surface area contributed by atoms with Crippen LogP contribution in [0.1, 0.15) is 25.5 Å². The topological polar surface area (TPSA) is 87.5 Å². The molecule has 0 saturated heterocycles. The van der Waals surface area contributed by atoms with E-state index < -0.39 is 12.0 Å². The van der Waals surface area contributed by atoms with Crippen LogP contribution in [0.15, 0.2) is 41.9 Å². The number of hydrogen-bond donors (Lipinski definition) is 1. The van der Waals surface area contributed by atoms with Crippen LogP contribution in [0, 0.1) is 0 Å². The van der Waals surface area contributed by atoms with Gasteiger partial charge in [0.05, 0.1) is 18.8 Å². The molecule has 8 heteroatoms. The highest BCUT2D eigenvalue weighted by atomic mass is 16.6. The zero-order valence-electron chi connectivity index (χ0n) is 15.1. The van der Waals surface area contributed by atoms with Gasteiger partial charge in [0.1, 0.15) is 24.7 Å². The molecule has 1 aromatic heterocycles. The van der Waals surface area contributed by atoms with Gasteiger partial charge in [0, 0.05) is 12.8 Å². The molecule has 138 valence electrons. The van der Waals surface area contributed by atoms with Gasteiger partial charge in [-0.15, -0.1) is 0 Å². The van der Waals surface area contributed by atoms with E-state index in [0.29, 0.717) is 30.4 Å². The van der Waals surface area contributed by atoms with Crippen LogP contribution < -0.4 is 10.1 Å². The zero-order chi connectivity index (χ0) is 18.5. The van der Waals surface area contributed by atoms with E-state index in [2.05, 4.69) is 15.4 Å². The molecule has 0 fully saturated rings. The van der Waals surface area contributed by atoms with Crippen molar-refractivity contribution in [2.75, 3.05) is 32.2 Å². The Kier molecular flexibility index (Phi) is 5.52. The third kappa shape index (κ3) is 3.55. The van der Waals surface area contributed by atoms with E-state index in [1.54, 1.807) is 11.8 Å². The van der Waals surface area contributed by atoms with Gasteiger partial charge in [0.2, 0.25) is 5.95 Å². The summed E-state index contributed by atoms with van der Waals surface area (Å²) in [6.45, 7) is 4.88. The molecule has 1 N–H and O–H groups in total. The van der Waals surface area contributed by atoms with Gasteiger partial charge in [-0.3, -0.25) is 0 Å². The van der Waals surface area contributed by atoms with E-state index >= 15 is 0 Å². The van der Waals surface area contributed by atoms with E-state index in [9.17, 15) is 4.79 Å². The molecule has 3 rings (SSSR count). The Bertz CT molecular complexity index is 798. The number of benzene rings is 1. The van der Waals surface area contributed by atoms with Gasteiger partial charge in [-0.1, -0.05) is 12.1 Å². The molecule has 0 amide bonds. The van der Waals surface area contributed by atoms with E-state index in [-0.39, 0.29) is 6.61 Å². The number of ether oxygens (including phenoxy) is 3. The molecule has 0 saturated carbocycles. The van der Waals surface area contributed by atoms with Gasteiger partial charge in [0.15, 0.2) is 0 Å². The minimum absolute atomic E-state index is 0.187. The third-order valence-corrected chi connectivity index (χ3v) is 4.04. The molecule has 2 aromatic rings. The van der Waals surface area contributed by atoms with Crippen LogP contribution in [0.25, 0.3) is 0 Å². The second-order valence-corrected chi connectivity index (χ2v) is 5.73. The standard InChI is InChI=1S/C18H22N4O4/c1-4-25-14-7-5-13(6-8-14)16-15(17(23)26-10-9-24-3)12(2)21-18-19-11-20-22(16)18/h5-8,11,16H,4,9-10H2,1-3H3,(H,19,20,21)/t16-/m1/s1. The van der Waals surface area contributed by atoms with Crippen molar-refractivity contribution < 1.29 is 19.0 Å². The minimum atomic E-state index is -0.431. The van der Waals surface area contributed by atoms with Crippen LogP contribution >= 0.6 is 0 Å². The molecule has 1 aliphatic heterocycles. The number of methoxy groups -OCH3 is 1. The van der Waals surface area contributed by atoms with Crippen molar-refractivity contribution in [2.24, 2.45) is 0 Å². The maximum atomic E-state index is 12.7. The van der Waals surface area contributed by atoms with Gasteiger partial charge in [-0.25, -0.2) is 9.48 Å². The first-order chi connectivity index (χ1) is 12.7. The number of aromatic nitrogens is 3. The maximum absolute atomic E-state index is 12.7. The van der Waals surface area contributed by atoms with Crippen LogP contribution in [0.2, 0.25) is 0 Å². The zero-order valence-corrected chi connectivity index (χ0v) is 15.1. The molecule has 1 aliphatic rings. The van der Waals surface area contributed by atoms with Crippen molar-refractivity contribution >= 4 is 11.9 Å². The monoisotopic (exact) mass is 358 g/mol. The van der Waals surface area contributed by atoms with Gasteiger partial charge in [-0.05, 0) is 31.5 Å². The molecule has 2 heterocycles. The molecule has 0 aliphatic carbocycles. The minimum Gasteiger partial charge on any atom is -0.494 e. The molecule has 0 unspecified atom stereocenters. The summed E-state index contributed by atoms with van der Waals surface area (Å²) >= 11 is 0. The first-order valence-electron chi connectivity index (χ1n) is 8.41. The van der Waals surface area contributed by atoms with Crippen molar-refractivity contribution in [1.29, 1.82) is 0 Å². The van der Waals surface area contributed by atoms with Crippen LogP contribution in [0.5, 0.6) is 5.75 Å². The summed E-state index contributed by atoms with van der Waals surface area (Å²) in [5, 5.41) is 7.39. The number of fused-ring (bicyclic) bond motifs is 1. The fraction of sp³-hybridized carbons (Fsp3) is 0.389. The SMILES string of the molecule is CCOc1ccc([C@@H]2C(C(=O)OCCOC)=C(C)Nc3ncnn32)cc1. The summed E-state index contributed by atoms with van der Waals surface area (Å²) in [6, 6.07) is 7.16. The predicted molar refractivity (Wildman–Crippen MR) is 94.9 cm³/mol. The van der Waals surface area contributed by atoms with Gasteiger partial charge < -0.3 is 19.5 Å². The summed E-state index contributed by atoms with van der Waals surface area (Å²) in [5.41, 5.74) is 2.06. The van der Waals surface area contributed by atoms with Crippen molar-refractivity contribution in [3.8, 4) is 5.75 Å². The Morgan fingerprint density at radius 2 is 2.04 bits per heavy atom. The lowest BCUT2D eigenvalue weighted by molar-refractivity contribution is -0.140. The Labute approximate surface area is 151 Å². The molecule has 0 spiro atoms. The largest absolute Gasteiger partial charge is 0.494 e. The quantitative estimate of drug-likeness (QED) is 0.599. The van der Waals surface area contributed by atoms with E-state index in [0.717, 1.165) is 11.3 Å². The van der Waals surface area contributed by atoms with Crippen molar-refractivity contribution in [2.45, 2.75) is 19.9 Å². The average Bonchev–Trinajstić information content (AvgIpc) is 3.09. The Balaban J connectivity index is 1.96. The summed E-state index contributed by atoms with van der Waals surface area (Å²) in [7, 11) is 1.56. The Morgan fingerprint density at radius 3 is 2.73 bits per heavy atom. The molecule has 0 radical (unpaired) electrons. The van der Waals surface area contributed by atoms with Gasteiger partial charge >= 0.3 is 5.97 Å². The number of anilines is 1. The number of nitrogens with zero attached hydrogens (tertiary/aromatic N) is 3. The third-order valence-electron chi connectivity index (χ3n) is 4.04. The highest BCUT2D eigenvalue weighted by molar-refractivity contribution is 5.92. The van der Waals surface area contributed by atoms with Crippen molar-refractivity contribution in [1.82, 2.24) is 14.8 Å². The van der Waals surface area contributed by atoms with Gasteiger partial charge in [0.25, 0.3) is 0 Å².